The zero-order valence-corrected chi connectivity index (χ0v) is 15.1. The van der Waals surface area contributed by atoms with Gasteiger partial charge in [0.05, 0.1) is 11.1 Å². The highest BCUT2D eigenvalue weighted by molar-refractivity contribution is 5.74. The molecule has 1 fully saturated rings. The molecule has 9 heteroatoms. The fourth-order valence-electron chi connectivity index (χ4n) is 2.97. The maximum absolute atomic E-state index is 15.4. The standard InChI is InChI=1S/C16H27FN4O4/c1-15(2,3)25-14(22)20-11-6-5-8-16(17,9-7-11)13(19-4)12(10-18)21(23)24/h10-11,18-19H,5-9H2,1-4H3,(H,20,22)/b13-12+,18-10?/t11-,16?/m0/s1. The van der Waals surface area contributed by atoms with Gasteiger partial charge in [0.2, 0.25) is 0 Å². The summed E-state index contributed by atoms with van der Waals surface area (Å²) in [7, 11) is 1.41. The molecule has 0 spiro atoms. The van der Waals surface area contributed by atoms with Crippen molar-refractivity contribution >= 4 is 12.3 Å². The summed E-state index contributed by atoms with van der Waals surface area (Å²) in [4.78, 5) is 22.2. The molecule has 0 aromatic rings. The predicted molar refractivity (Wildman–Crippen MR) is 91.9 cm³/mol. The van der Waals surface area contributed by atoms with E-state index in [4.69, 9.17) is 10.1 Å². The lowest BCUT2D eigenvalue weighted by molar-refractivity contribution is -0.416. The van der Waals surface area contributed by atoms with Crippen molar-refractivity contribution in [2.24, 2.45) is 0 Å². The fourth-order valence-corrected chi connectivity index (χ4v) is 2.97. The van der Waals surface area contributed by atoms with Crippen LogP contribution in [0.5, 0.6) is 0 Å². The molecule has 1 aliphatic rings. The zero-order chi connectivity index (χ0) is 19.3. The third-order valence-electron chi connectivity index (χ3n) is 4.02. The van der Waals surface area contributed by atoms with Crippen molar-refractivity contribution in [1.29, 1.82) is 5.41 Å². The van der Waals surface area contributed by atoms with Crippen LogP contribution in [0.4, 0.5) is 9.18 Å². The molecule has 8 nitrogen and oxygen atoms in total. The third kappa shape index (κ3) is 5.99. The molecule has 25 heavy (non-hydrogen) atoms. The molecule has 2 atom stereocenters. The lowest BCUT2D eigenvalue weighted by Crippen LogP contribution is -2.39. The summed E-state index contributed by atoms with van der Waals surface area (Å²) >= 11 is 0. The summed E-state index contributed by atoms with van der Waals surface area (Å²) in [5.74, 6) is 0. The van der Waals surface area contributed by atoms with Crippen LogP contribution in [0.15, 0.2) is 11.4 Å². The Morgan fingerprint density at radius 2 is 2.04 bits per heavy atom. The molecule has 0 aliphatic heterocycles. The van der Waals surface area contributed by atoms with E-state index in [-0.39, 0.29) is 24.6 Å². The minimum Gasteiger partial charge on any atom is -0.444 e. The number of nitrogens with one attached hydrogen (secondary N) is 3. The van der Waals surface area contributed by atoms with Gasteiger partial charge in [0, 0.05) is 13.1 Å². The van der Waals surface area contributed by atoms with Gasteiger partial charge < -0.3 is 20.8 Å². The number of nitrogens with zero attached hydrogens (tertiary/aromatic N) is 1. The van der Waals surface area contributed by atoms with Crippen molar-refractivity contribution < 1.29 is 18.8 Å². The molecule has 1 unspecified atom stereocenters. The molecule has 0 radical (unpaired) electrons. The number of ether oxygens (including phenoxy) is 1. The smallest absolute Gasteiger partial charge is 0.407 e. The summed E-state index contributed by atoms with van der Waals surface area (Å²) in [6.07, 6.45) is 1.41. The molecular formula is C16H27FN4O4. The Labute approximate surface area is 146 Å². The number of alkyl halides is 1. The second-order valence-corrected chi connectivity index (χ2v) is 7.15. The SMILES string of the molecule is CN/C(=C(\C=N)[N+](=O)[O-])C1(F)CCC[C@H](NC(=O)OC(C)(C)C)CC1. The molecule has 0 bridgehead atoms. The van der Waals surface area contributed by atoms with Gasteiger partial charge in [-0.1, -0.05) is 0 Å². The molecule has 142 valence electrons. The van der Waals surface area contributed by atoms with E-state index in [0.717, 1.165) is 0 Å². The van der Waals surface area contributed by atoms with E-state index in [2.05, 4.69) is 10.6 Å². The van der Waals surface area contributed by atoms with Crippen LogP contribution in [-0.4, -0.2) is 41.6 Å². The molecule has 0 aromatic heterocycles. The Hall–Kier alpha value is -2.19. The van der Waals surface area contributed by atoms with E-state index in [1.165, 1.54) is 7.05 Å². The highest BCUT2D eigenvalue weighted by atomic mass is 19.1. The van der Waals surface area contributed by atoms with Crippen LogP contribution in [0.1, 0.15) is 52.9 Å². The number of alkyl carbamates (subject to hydrolysis) is 1. The summed E-state index contributed by atoms with van der Waals surface area (Å²) in [5, 5.41) is 23.5. The van der Waals surface area contributed by atoms with Gasteiger partial charge in [-0.25, -0.2) is 9.18 Å². The molecule has 1 amide bonds. The summed E-state index contributed by atoms with van der Waals surface area (Å²) < 4.78 is 20.6. The maximum atomic E-state index is 15.4. The van der Waals surface area contributed by atoms with Gasteiger partial charge in [0.25, 0.3) is 0 Å². The highest BCUT2D eigenvalue weighted by Gasteiger charge is 2.41. The molecule has 0 heterocycles. The Bertz CT molecular complexity index is 559. The summed E-state index contributed by atoms with van der Waals surface area (Å²) in [5.41, 5.74) is -3.32. The average molecular weight is 358 g/mol. The fraction of sp³-hybridized carbons (Fsp3) is 0.750. The molecule has 3 N–H and O–H groups in total. The van der Waals surface area contributed by atoms with Gasteiger partial charge in [-0.05, 0) is 52.9 Å². The Morgan fingerprint density at radius 1 is 1.40 bits per heavy atom. The normalized spacial score (nSPS) is 25.2. The molecule has 0 saturated heterocycles. The summed E-state index contributed by atoms with van der Waals surface area (Å²) in [6, 6.07) is -0.260. The van der Waals surface area contributed by atoms with E-state index in [1.54, 1.807) is 20.8 Å². The Kier molecular flexibility index (Phi) is 6.89. The van der Waals surface area contributed by atoms with E-state index < -0.39 is 28.0 Å². The number of nitro groups is 1. The van der Waals surface area contributed by atoms with Crippen LogP contribution in [0, 0.1) is 15.5 Å². The topological polar surface area (TPSA) is 117 Å². The van der Waals surface area contributed by atoms with Gasteiger partial charge in [0.15, 0.2) is 5.67 Å². The maximum Gasteiger partial charge on any atom is 0.407 e. The predicted octanol–water partition coefficient (Wildman–Crippen LogP) is 2.91. The van der Waals surface area contributed by atoms with Gasteiger partial charge in [-0.15, -0.1) is 0 Å². The van der Waals surface area contributed by atoms with Gasteiger partial charge in [0.1, 0.15) is 11.3 Å². The van der Waals surface area contributed by atoms with E-state index in [9.17, 15) is 14.9 Å². The van der Waals surface area contributed by atoms with Gasteiger partial charge in [-0.2, -0.15) is 0 Å². The van der Waals surface area contributed by atoms with E-state index in [0.29, 0.717) is 25.5 Å². The number of carbonyl (C=O) groups excluding carboxylic acids is 1. The summed E-state index contributed by atoms with van der Waals surface area (Å²) in [6.45, 7) is 5.27. The first-order valence-corrected chi connectivity index (χ1v) is 8.28. The minimum atomic E-state index is -1.93. The third-order valence-corrected chi connectivity index (χ3v) is 4.02. The zero-order valence-electron chi connectivity index (χ0n) is 15.1. The van der Waals surface area contributed by atoms with Crippen molar-refractivity contribution in [2.45, 2.75) is 70.2 Å². The van der Waals surface area contributed by atoms with E-state index in [1.807, 2.05) is 0 Å². The monoisotopic (exact) mass is 358 g/mol. The molecule has 1 rings (SSSR count). The van der Waals surface area contributed by atoms with Crippen LogP contribution >= 0.6 is 0 Å². The van der Waals surface area contributed by atoms with Crippen molar-refractivity contribution in [3.8, 4) is 0 Å². The van der Waals surface area contributed by atoms with Gasteiger partial charge in [-0.3, -0.25) is 10.1 Å². The van der Waals surface area contributed by atoms with Crippen molar-refractivity contribution in [3.05, 3.63) is 21.5 Å². The van der Waals surface area contributed by atoms with Crippen molar-refractivity contribution in [2.75, 3.05) is 7.05 Å². The highest BCUT2D eigenvalue weighted by Crippen LogP contribution is 2.37. The first kappa shape index (κ1) is 20.9. The number of hydrogen-bond donors (Lipinski definition) is 3. The molecule has 0 aromatic carbocycles. The van der Waals surface area contributed by atoms with Crippen LogP contribution in [0.3, 0.4) is 0 Å². The molecular weight excluding hydrogens is 331 g/mol. The second-order valence-electron chi connectivity index (χ2n) is 7.15. The molecule has 1 aliphatic carbocycles. The lowest BCUT2D eigenvalue weighted by atomic mass is 9.91. The average Bonchev–Trinajstić information content (AvgIpc) is 2.65. The second kappa shape index (κ2) is 8.26. The van der Waals surface area contributed by atoms with Gasteiger partial charge >= 0.3 is 11.8 Å². The van der Waals surface area contributed by atoms with Crippen LogP contribution < -0.4 is 10.6 Å². The van der Waals surface area contributed by atoms with Crippen LogP contribution in [0.2, 0.25) is 0 Å². The number of allylic oxidation sites excluding steroid dienone is 2. The Morgan fingerprint density at radius 3 is 2.52 bits per heavy atom. The minimum absolute atomic E-state index is 0.00875. The first-order chi connectivity index (χ1) is 11.5. The molecule has 1 saturated carbocycles. The van der Waals surface area contributed by atoms with Crippen LogP contribution in [-0.2, 0) is 4.74 Å². The quantitative estimate of drug-likeness (QED) is 0.302. The van der Waals surface area contributed by atoms with E-state index >= 15 is 4.39 Å². The number of halogens is 1. The van der Waals surface area contributed by atoms with Crippen molar-refractivity contribution in [1.82, 2.24) is 10.6 Å². The largest absolute Gasteiger partial charge is 0.444 e. The van der Waals surface area contributed by atoms with Crippen molar-refractivity contribution in [3.63, 3.8) is 0 Å². The Balaban J connectivity index is 2.87. The lowest BCUT2D eigenvalue weighted by Gasteiger charge is -2.26. The number of amides is 1. The number of hydrogen-bond acceptors (Lipinski definition) is 6. The number of rotatable bonds is 5. The van der Waals surface area contributed by atoms with Crippen LogP contribution in [0.25, 0.3) is 0 Å². The number of carbonyl (C=O) groups is 1. The first-order valence-electron chi connectivity index (χ1n) is 8.28.